The molecule has 0 aliphatic heterocycles. The molecule has 0 fully saturated rings. The number of nitrogens with one attached hydrogen (secondary N) is 1. The highest BCUT2D eigenvalue weighted by atomic mass is 35.5. The van der Waals surface area contributed by atoms with Gasteiger partial charge in [0.05, 0.1) is 5.02 Å². The first-order valence-electron chi connectivity index (χ1n) is 4.99. The van der Waals surface area contributed by atoms with Crippen molar-refractivity contribution < 1.29 is 23.4 Å². The predicted octanol–water partition coefficient (Wildman–Crippen LogP) is 0.454. The lowest BCUT2D eigenvalue weighted by Crippen LogP contribution is -2.41. The molecule has 0 saturated heterocycles. The average molecular weight is 294 g/mol. The fourth-order valence-electron chi connectivity index (χ4n) is 1.28. The molecular weight excluding hydrogens is 282 g/mol. The number of hydrogen-bond acceptors (Lipinski definition) is 4. The number of aliphatic hydroxyl groups excluding tert-OH is 1. The number of aliphatic hydroxyl groups is 1. The molecular formula is C10H12ClNO5S. The van der Waals surface area contributed by atoms with Gasteiger partial charge >= 0.3 is 5.97 Å². The Hall–Kier alpha value is -1.15. The number of carboxylic acid groups (broad SMARTS) is 1. The number of sulfonamides is 1. The zero-order valence-electron chi connectivity index (χ0n) is 9.21. The lowest BCUT2D eigenvalue weighted by Gasteiger charge is -2.14. The highest BCUT2D eigenvalue weighted by Crippen LogP contribution is 2.20. The largest absolute Gasteiger partial charge is 0.480 e. The summed E-state index contributed by atoms with van der Waals surface area (Å²) >= 11 is 5.73. The molecule has 0 radical (unpaired) electrons. The minimum absolute atomic E-state index is 0.00172. The number of carboxylic acids is 1. The Morgan fingerprint density at radius 3 is 2.50 bits per heavy atom. The summed E-state index contributed by atoms with van der Waals surface area (Å²) in [6, 6.07) is 4.29. The average Bonchev–Trinajstić information content (AvgIpc) is 2.28. The van der Waals surface area contributed by atoms with Gasteiger partial charge in [0.1, 0.15) is 10.9 Å². The topological polar surface area (TPSA) is 104 Å². The molecule has 1 rings (SSSR count). The van der Waals surface area contributed by atoms with Crippen molar-refractivity contribution in [3.05, 3.63) is 29.3 Å². The smallest absolute Gasteiger partial charge is 0.321 e. The summed E-state index contributed by atoms with van der Waals surface area (Å²) in [7, 11) is -4.03. The molecule has 1 aromatic carbocycles. The van der Waals surface area contributed by atoms with Gasteiger partial charge in [-0.3, -0.25) is 4.79 Å². The zero-order valence-corrected chi connectivity index (χ0v) is 10.8. The number of rotatable bonds is 6. The normalized spacial score (nSPS) is 13.2. The first-order chi connectivity index (χ1) is 8.38. The summed E-state index contributed by atoms with van der Waals surface area (Å²) in [6.07, 6.45) is -0.223. The number of aliphatic carboxylic acids is 1. The molecule has 0 unspecified atom stereocenters. The van der Waals surface area contributed by atoms with Gasteiger partial charge in [-0.25, -0.2) is 8.42 Å². The van der Waals surface area contributed by atoms with E-state index >= 15 is 0 Å². The summed E-state index contributed by atoms with van der Waals surface area (Å²) in [5.74, 6) is -1.36. The third-order valence-electron chi connectivity index (χ3n) is 2.14. The maximum absolute atomic E-state index is 11.9. The van der Waals surface area contributed by atoms with Crippen LogP contribution in [0.15, 0.2) is 29.2 Å². The first kappa shape index (κ1) is 14.9. The Labute approximate surface area is 109 Å². The molecule has 0 heterocycles. The van der Waals surface area contributed by atoms with Gasteiger partial charge in [0.15, 0.2) is 0 Å². The summed E-state index contributed by atoms with van der Waals surface area (Å²) in [4.78, 5) is 10.6. The maximum atomic E-state index is 11.9. The van der Waals surface area contributed by atoms with Crippen LogP contribution in [0.5, 0.6) is 0 Å². The molecule has 1 atom stereocenters. The van der Waals surface area contributed by atoms with Crippen LogP contribution in [0, 0.1) is 0 Å². The number of halogens is 1. The van der Waals surface area contributed by atoms with E-state index in [-0.39, 0.29) is 16.3 Å². The van der Waals surface area contributed by atoms with Crippen LogP contribution in [0.25, 0.3) is 0 Å². The third-order valence-corrected chi connectivity index (χ3v) is 4.11. The van der Waals surface area contributed by atoms with Crippen LogP contribution in [-0.2, 0) is 14.8 Å². The van der Waals surface area contributed by atoms with Crippen LogP contribution in [0.4, 0.5) is 0 Å². The second-order valence-electron chi connectivity index (χ2n) is 3.45. The van der Waals surface area contributed by atoms with Crippen LogP contribution in [0.2, 0.25) is 5.02 Å². The van der Waals surface area contributed by atoms with Gasteiger partial charge in [-0.1, -0.05) is 23.7 Å². The molecule has 1 aromatic rings. The molecule has 6 nitrogen and oxygen atoms in total. The van der Waals surface area contributed by atoms with E-state index in [4.69, 9.17) is 21.8 Å². The van der Waals surface area contributed by atoms with Crippen molar-refractivity contribution in [3.63, 3.8) is 0 Å². The van der Waals surface area contributed by atoms with Crippen LogP contribution < -0.4 is 4.72 Å². The molecule has 8 heteroatoms. The van der Waals surface area contributed by atoms with Crippen LogP contribution >= 0.6 is 11.6 Å². The summed E-state index contributed by atoms with van der Waals surface area (Å²) in [5, 5.41) is 17.5. The number of hydrogen-bond donors (Lipinski definition) is 3. The molecule has 18 heavy (non-hydrogen) atoms. The third kappa shape index (κ3) is 3.67. The Morgan fingerprint density at radius 1 is 1.39 bits per heavy atom. The fraction of sp³-hybridized carbons (Fsp3) is 0.300. The first-order valence-corrected chi connectivity index (χ1v) is 6.85. The Balaban J connectivity index is 3.01. The van der Waals surface area contributed by atoms with Crippen LogP contribution in [0.1, 0.15) is 6.42 Å². The van der Waals surface area contributed by atoms with E-state index in [1.807, 2.05) is 4.72 Å². The van der Waals surface area contributed by atoms with Gasteiger partial charge in [0, 0.05) is 6.61 Å². The van der Waals surface area contributed by atoms with Gasteiger partial charge in [-0.2, -0.15) is 4.72 Å². The summed E-state index contributed by atoms with van der Waals surface area (Å²) < 4.78 is 25.8. The van der Waals surface area contributed by atoms with Crippen molar-refractivity contribution in [3.8, 4) is 0 Å². The summed E-state index contributed by atoms with van der Waals surface area (Å²) in [6.45, 7) is -0.442. The van der Waals surface area contributed by atoms with Crippen molar-refractivity contribution in [2.75, 3.05) is 6.61 Å². The van der Waals surface area contributed by atoms with Crippen LogP contribution in [-0.4, -0.2) is 37.2 Å². The van der Waals surface area contributed by atoms with Gasteiger partial charge in [-0.15, -0.1) is 0 Å². The van der Waals surface area contributed by atoms with E-state index in [9.17, 15) is 13.2 Å². The maximum Gasteiger partial charge on any atom is 0.321 e. The molecule has 0 aliphatic carbocycles. The molecule has 0 amide bonds. The minimum Gasteiger partial charge on any atom is -0.480 e. The van der Waals surface area contributed by atoms with Gasteiger partial charge in [-0.05, 0) is 18.6 Å². The van der Waals surface area contributed by atoms with E-state index in [1.54, 1.807) is 6.07 Å². The molecule has 0 aromatic heterocycles. The zero-order chi connectivity index (χ0) is 13.8. The van der Waals surface area contributed by atoms with Crippen molar-refractivity contribution >= 4 is 27.6 Å². The highest BCUT2D eigenvalue weighted by Gasteiger charge is 2.26. The van der Waals surface area contributed by atoms with E-state index < -0.39 is 28.6 Å². The van der Waals surface area contributed by atoms with Crippen molar-refractivity contribution in [2.45, 2.75) is 17.4 Å². The van der Waals surface area contributed by atoms with Crippen molar-refractivity contribution in [2.24, 2.45) is 0 Å². The fourth-order valence-corrected chi connectivity index (χ4v) is 3.02. The van der Waals surface area contributed by atoms with E-state index in [2.05, 4.69) is 0 Å². The second kappa shape index (κ2) is 6.14. The van der Waals surface area contributed by atoms with Crippen LogP contribution in [0.3, 0.4) is 0 Å². The van der Waals surface area contributed by atoms with Gasteiger partial charge in [0.25, 0.3) is 0 Å². The standard InChI is InChI=1S/C10H12ClNO5S/c11-7-3-1-2-4-9(7)18(16,17)12-8(5-6-13)10(14)15/h1-4,8,12-13H,5-6H2,(H,14,15)/t8-/m0/s1. The monoisotopic (exact) mass is 293 g/mol. The highest BCUT2D eigenvalue weighted by molar-refractivity contribution is 7.89. The lowest BCUT2D eigenvalue weighted by atomic mass is 10.2. The predicted molar refractivity (Wildman–Crippen MR) is 64.9 cm³/mol. The van der Waals surface area contributed by atoms with E-state index in [1.165, 1.54) is 18.2 Å². The molecule has 0 aliphatic rings. The van der Waals surface area contributed by atoms with Gasteiger partial charge in [0.2, 0.25) is 10.0 Å². The molecule has 0 spiro atoms. The Morgan fingerprint density at radius 2 is 2.00 bits per heavy atom. The van der Waals surface area contributed by atoms with Crippen molar-refractivity contribution in [1.82, 2.24) is 4.72 Å². The van der Waals surface area contributed by atoms with Gasteiger partial charge < -0.3 is 10.2 Å². The molecule has 0 saturated carbocycles. The molecule has 0 bridgehead atoms. The number of benzene rings is 1. The Kier molecular flexibility index (Phi) is 5.09. The van der Waals surface area contributed by atoms with E-state index in [0.29, 0.717) is 0 Å². The minimum atomic E-state index is -4.03. The van der Waals surface area contributed by atoms with Crippen molar-refractivity contribution in [1.29, 1.82) is 0 Å². The molecule has 3 N–H and O–H groups in total. The second-order valence-corrected chi connectivity index (χ2v) is 5.54. The summed E-state index contributed by atoms with van der Waals surface area (Å²) in [5.41, 5.74) is 0. The van der Waals surface area contributed by atoms with E-state index in [0.717, 1.165) is 0 Å². The quantitative estimate of drug-likeness (QED) is 0.707. The SMILES string of the molecule is O=C(O)[C@H](CCO)NS(=O)(=O)c1ccccc1Cl. The lowest BCUT2D eigenvalue weighted by molar-refractivity contribution is -0.139. The number of carbonyl (C=O) groups is 1. The molecule has 100 valence electrons. The Bertz CT molecular complexity index is 531.